The Morgan fingerprint density at radius 1 is 1.00 bits per heavy atom. The van der Waals surface area contributed by atoms with Gasteiger partial charge in [0.15, 0.2) is 0 Å². The highest BCUT2D eigenvalue weighted by Gasteiger charge is 2.45. The summed E-state index contributed by atoms with van der Waals surface area (Å²) in [6.07, 6.45) is 0. The van der Waals surface area contributed by atoms with Crippen LogP contribution in [-0.4, -0.2) is 52.4 Å². The zero-order valence-electron chi connectivity index (χ0n) is 15.0. The molecular formula is C19H19N3O4S2. The fourth-order valence-corrected chi connectivity index (χ4v) is 4.32. The van der Waals surface area contributed by atoms with E-state index in [-0.39, 0.29) is 6.54 Å². The third-order valence-electron chi connectivity index (χ3n) is 4.01. The normalized spacial score (nSPS) is 14.1. The van der Waals surface area contributed by atoms with Crippen molar-refractivity contribution < 1.29 is 19.2 Å². The minimum absolute atomic E-state index is 0.00171. The Kier molecular flexibility index (Phi) is 6.83. The number of carbonyl (C=O) groups is 4. The summed E-state index contributed by atoms with van der Waals surface area (Å²) >= 11 is 3.37. The van der Waals surface area contributed by atoms with Gasteiger partial charge in [-0.1, -0.05) is 36.4 Å². The number of hydrogen-bond acceptors (Lipinski definition) is 6. The van der Waals surface area contributed by atoms with Crippen molar-refractivity contribution in [3.63, 3.8) is 0 Å². The largest absolute Gasteiger partial charge is 0.354 e. The van der Waals surface area contributed by atoms with Gasteiger partial charge in [-0.25, -0.2) is 9.69 Å². The van der Waals surface area contributed by atoms with Gasteiger partial charge in [-0.3, -0.25) is 19.3 Å². The van der Waals surface area contributed by atoms with Crippen LogP contribution < -0.4 is 5.32 Å². The van der Waals surface area contributed by atoms with Gasteiger partial charge in [0.2, 0.25) is 5.91 Å². The van der Waals surface area contributed by atoms with Crippen molar-refractivity contribution in [1.29, 1.82) is 0 Å². The number of hydrogen-bond donors (Lipinski definition) is 1. The minimum atomic E-state index is -0.969. The highest BCUT2D eigenvalue weighted by atomic mass is 32.2. The summed E-state index contributed by atoms with van der Waals surface area (Å²) in [6, 6.07) is 12.2. The number of nitrogens with zero attached hydrogens (tertiary/aromatic N) is 2. The molecule has 0 unspecified atom stereocenters. The van der Waals surface area contributed by atoms with Crippen LogP contribution in [0.2, 0.25) is 0 Å². The molecule has 1 fully saturated rings. The lowest BCUT2D eigenvalue weighted by molar-refractivity contribution is -0.144. The first-order chi connectivity index (χ1) is 13.6. The Morgan fingerprint density at radius 3 is 2.46 bits per heavy atom. The topological polar surface area (TPSA) is 86.8 Å². The second-order valence-corrected chi connectivity index (χ2v) is 8.17. The van der Waals surface area contributed by atoms with E-state index < -0.39 is 30.3 Å². The molecule has 2 heterocycles. The van der Waals surface area contributed by atoms with E-state index in [0.29, 0.717) is 17.2 Å². The molecule has 0 atom stereocenters. The average Bonchev–Trinajstić information content (AvgIpc) is 3.28. The number of nitrogens with one attached hydrogen (secondary N) is 1. The first-order valence-electron chi connectivity index (χ1n) is 8.64. The standard InChI is InChI=1S/C19H19N3O4S2/c23-16(20-8-10-27-13-15-7-4-9-28-15)12-22-18(25)17(24)21(19(22)26)11-14-5-2-1-3-6-14/h1-7,9H,8,10-13H2,(H,20,23). The van der Waals surface area contributed by atoms with E-state index in [1.165, 1.54) is 4.88 Å². The van der Waals surface area contributed by atoms with Gasteiger partial charge in [0.05, 0.1) is 6.54 Å². The fraction of sp³-hybridized carbons (Fsp3) is 0.263. The number of thioether (sulfide) groups is 1. The van der Waals surface area contributed by atoms with E-state index in [1.54, 1.807) is 47.4 Å². The third-order valence-corrected chi connectivity index (χ3v) is 6.08. The fourth-order valence-electron chi connectivity index (χ4n) is 2.62. The second-order valence-electron chi connectivity index (χ2n) is 6.03. The predicted octanol–water partition coefficient (Wildman–Crippen LogP) is 2.09. The van der Waals surface area contributed by atoms with Crippen molar-refractivity contribution in [3.05, 3.63) is 58.3 Å². The predicted molar refractivity (Wildman–Crippen MR) is 108 cm³/mol. The van der Waals surface area contributed by atoms with Crippen LogP contribution in [0, 0.1) is 0 Å². The van der Waals surface area contributed by atoms with Gasteiger partial charge < -0.3 is 5.32 Å². The van der Waals surface area contributed by atoms with Crippen LogP contribution in [-0.2, 0) is 26.7 Å². The molecule has 1 aromatic heterocycles. The molecule has 2 aromatic rings. The Hall–Kier alpha value is -2.65. The number of imide groups is 2. The van der Waals surface area contributed by atoms with Gasteiger partial charge in [0.1, 0.15) is 6.54 Å². The lowest BCUT2D eigenvalue weighted by Crippen LogP contribution is -2.41. The third kappa shape index (κ3) is 4.99. The molecule has 0 radical (unpaired) electrons. The van der Waals surface area contributed by atoms with Gasteiger partial charge in [-0.15, -0.1) is 11.3 Å². The molecule has 1 aliphatic heterocycles. The number of urea groups is 1. The van der Waals surface area contributed by atoms with Crippen LogP contribution in [0.3, 0.4) is 0 Å². The zero-order chi connectivity index (χ0) is 19.9. The van der Waals surface area contributed by atoms with Gasteiger partial charge in [-0.05, 0) is 17.0 Å². The molecule has 1 saturated heterocycles. The molecule has 0 saturated carbocycles. The van der Waals surface area contributed by atoms with E-state index in [0.717, 1.165) is 16.2 Å². The molecule has 0 spiro atoms. The van der Waals surface area contributed by atoms with Crippen LogP contribution in [0.5, 0.6) is 0 Å². The molecule has 0 bridgehead atoms. The highest BCUT2D eigenvalue weighted by molar-refractivity contribution is 7.98. The van der Waals surface area contributed by atoms with Crippen LogP contribution in [0.4, 0.5) is 4.79 Å². The first kappa shape index (κ1) is 20.1. The molecule has 28 heavy (non-hydrogen) atoms. The van der Waals surface area contributed by atoms with Crippen LogP contribution in [0.1, 0.15) is 10.4 Å². The maximum atomic E-state index is 12.4. The van der Waals surface area contributed by atoms with Crippen LogP contribution >= 0.6 is 23.1 Å². The molecular weight excluding hydrogens is 398 g/mol. The molecule has 0 aliphatic carbocycles. The molecule has 5 amide bonds. The average molecular weight is 418 g/mol. The smallest absolute Gasteiger partial charge is 0.335 e. The van der Waals surface area contributed by atoms with E-state index in [1.807, 2.05) is 17.5 Å². The molecule has 7 nitrogen and oxygen atoms in total. The lowest BCUT2D eigenvalue weighted by Gasteiger charge is -2.15. The number of carbonyl (C=O) groups excluding carboxylic acids is 4. The summed E-state index contributed by atoms with van der Waals surface area (Å²) in [5, 5.41) is 4.70. The summed E-state index contributed by atoms with van der Waals surface area (Å²) < 4.78 is 0. The maximum Gasteiger partial charge on any atom is 0.335 e. The number of thiophene rings is 1. The van der Waals surface area contributed by atoms with Crippen LogP contribution in [0.15, 0.2) is 47.8 Å². The molecule has 9 heteroatoms. The summed E-state index contributed by atoms with van der Waals surface area (Å²) in [4.78, 5) is 51.5. The molecule has 1 aromatic carbocycles. The first-order valence-corrected chi connectivity index (χ1v) is 10.7. The van der Waals surface area contributed by atoms with Crippen molar-refractivity contribution in [2.24, 2.45) is 0 Å². The van der Waals surface area contributed by atoms with Gasteiger partial charge in [-0.2, -0.15) is 11.8 Å². The summed E-state index contributed by atoms with van der Waals surface area (Å²) in [7, 11) is 0. The Bertz CT molecular complexity index is 855. The van der Waals surface area contributed by atoms with Crippen molar-refractivity contribution in [2.45, 2.75) is 12.3 Å². The highest BCUT2D eigenvalue weighted by Crippen LogP contribution is 2.17. The molecule has 3 rings (SSSR count). The second kappa shape index (κ2) is 9.52. The summed E-state index contributed by atoms with van der Waals surface area (Å²) in [5.74, 6) is -0.756. The zero-order valence-corrected chi connectivity index (χ0v) is 16.6. The number of amides is 5. The molecule has 1 aliphatic rings. The molecule has 146 valence electrons. The summed E-state index contributed by atoms with van der Waals surface area (Å²) in [6.45, 7) is -0.0290. The van der Waals surface area contributed by atoms with E-state index >= 15 is 0 Å². The Balaban J connectivity index is 1.45. The number of benzene rings is 1. The van der Waals surface area contributed by atoms with Crippen molar-refractivity contribution in [2.75, 3.05) is 18.8 Å². The van der Waals surface area contributed by atoms with Crippen molar-refractivity contribution in [1.82, 2.24) is 15.1 Å². The van der Waals surface area contributed by atoms with Crippen molar-refractivity contribution in [3.8, 4) is 0 Å². The monoisotopic (exact) mass is 417 g/mol. The van der Waals surface area contributed by atoms with Gasteiger partial charge in [0.25, 0.3) is 0 Å². The maximum absolute atomic E-state index is 12.4. The van der Waals surface area contributed by atoms with Gasteiger partial charge >= 0.3 is 17.8 Å². The van der Waals surface area contributed by atoms with Crippen molar-refractivity contribution >= 4 is 46.9 Å². The quantitative estimate of drug-likeness (QED) is 0.384. The number of rotatable bonds is 9. The molecule has 1 N–H and O–H groups in total. The van der Waals surface area contributed by atoms with E-state index in [9.17, 15) is 19.2 Å². The SMILES string of the molecule is O=C(CN1C(=O)C(=O)N(Cc2ccccc2)C1=O)NCCSCc1cccs1. The van der Waals surface area contributed by atoms with Gasteiger partial charge in [0, 0.05) is 22.9 Å². The van der Waals surface area contributed by atoms with E-state index in [4.69, 9.17) is 0 Å². The summed E-state index contributed by atoms with van der Waals surface area (Å²) in [5.41, 5.74) is 0.728. The van der Waals surface area contributed by atoms with Crippen LogP contribution in [0.25, 0.3) is 0 Å². The Morgan fingerprint density at radius 2 is 1.75 bits per heavy atom. The lowest BCUT2D eigenvalue weighted by atomic mass is 10.2. The minimum Gasteiger partial charge on any atom is -0.354 e. The Labute approximate surface area is 170 Å². The van der Waals surface area contributed by atoms with E-state index in [2.05, 4.69) is 11.4 Å².